The first-order chi connectivity index (χ1) is 11.7. The van der Waals surface area contributed by atoms with Crippen LogP contribution in [0, 0.1) is 18.3 Å². The lowest BCUT2D eigenvalue weighted by Gasteiger charge is -2.29. The van der Waals surface area contributed by atoms with E-state index in [0.29, 0.717) is 30.8 Å². The molecule has 0 saturated heterocycles. The SMILES string of the molecule is Cc1ncc2c(c1C#N)CCN(C(=O)c1ccc3ccccn13)C2. The standard InChI is InChI=1S/C19H16N4O/c1-13-17(10-20)16-7-9-22(12-14(16)11-21-13)19(24)18-6-5-15-4-2-3-8-23(15)18/h2-6,8,11H,7,9,12H2,1H3. The largest absolute Gasteiger partial charge is 0.333 e. The van der Waals surface area contributed by atoms with Gasteiger partial charge in [-0.3, -0.25) is 9.78 Å². The lowest BCUT2D eigenvalue weighted by Crippen LogP contribution is -2.37. The Morgan fingerprint density at radius 3 is 3.00 bits per heavy atom. The molecule has 0 bridgehead atoms. The number of amides is 1. The van der Waals surface area contributed by atoms with E-state index in [9.17, 15) is 10.1 Å². The average Bonchev–Trinajstić information content (AvgIpc) is 3.04. The maximum absolute atomic E-state index is 12.9. The number of nitriles is 1. The minimum Gasteiger partial charge on any atom is -0.333 e. The molecule has 0 saturated carbocycles. The monoisotopic (exact) mass is 316 g/mol. The third-order valence-electron chi connectivity index (χ3n) is 4.64. The Labute approximate surface area is 139 Å². The van der Waals surface area contributed by atoms with Crippen LogP contribution in [-0.2, 0) is 13.0 Å². The number of carbonyl (C=O) groups is 1. The molecule has 0 radical (unpaired) electrons. The molecule has 1 amide bonds. The summed E-state index contributed by atoms with van der Waals surface area (Å²) < 4.78 is 1.91. The summed E-state index contributed by atoms with van der Waals surface area (Å²) in [5.41, 5.74) is 5.09. The van der Waals surface area contributed by atoms with Gasteiger partial charge in [-0.15, -0.1) is 0 Å². The van der Waals surface area contributed by atoms with Gasteiger partial charge in [-0.25, -0.2) is 0 Å². The minimum atomic E-state index is 0.00549. The van der Waals surface area contributed by atoms with Gasteiger partial charge >= 0.3 is 0 Å². The number of aromatic nitrogens is 2. The molecule has 1 aliphatic rings. The molecular weight excluding hydrogens is 300 g/mol. The molecule has 0 unspecified atom stereocenters. The van der Waals surface area contributed by atoms with Crippen LogP contribution in [0.5, 0.6) is 0 Å². The van der Waals surface area contributed by atoms with Crippen molar-refractivity contribution in [3.63, 3.8) is 0 Å². The summed E-state index contributed by atoms with van der Waals surface area (Å²) in [4.78, 5) is 19.1. The van der Waals surface area contributed by atoms with E-state index in [1.165, 1.54) is 0 Å². The normalized spacial score (nSPS) is 13.6. The van der Waals surface area contributed by atoms with Gasteiger partial charge in [0.15, 0.2) is 0 Å². The van der Waals surface area contributed by atoms with Crippen LogP contribution in [0.3, 0.4) is 0 Å². The zero-order valence-corrected chi connectivity index (χ0v) is 13.4. The van der Waals surface area contributed by atoms with Crippen molar-refractivity contribution in [3.8, 4) is 6.07 Å². The van der Waals surface area contributed by atoms with Crippen LogP contribution in [0.4, 0.5) is 0 Å². The Bertz CT molecular complexity index is 996. The van der Waals surface area contributed by atoms with Gasteiger partial charge < -0.3 is 9.30 Å². The van der Waals surface area contributed by atoms with Crippen molar-refractivity contribution < 1.29 is 4.79 Å². The average molecular weight is 316 g/mol. The molecule has 24 heavy (non-hydrogen) atoms. The van der Waals surface area contributed by atoms with Crippen molar-refractivity contribution >= 4 is 11.4 Å². The number of pyridine rings is 2. The van der Waals surface area contributed by atoms with E-state index in [1.807, 2.05) is 52.8 Å². The highest BCUT2D eigenvalue weighted by molar-refractivity contribution is 5.94. The van der Waals surface area contributed by atoms with Gasteiger partial charge in [-0.05, 0) is 48.7 Å². The van der Waals surface area contributed by atoms with E-state index < -0.39 is 0 Å². The molecule has 0 aliphatic carbocycles. The van der Waals surface area contributed by atoms with Crippen LogP contribution in [0.15, 0.2) is 42.7 Å². The number of fused-ring (bicyclic) bond motifs is 2. The minimum absolute atomic E-state index is 0.00549. The lowest BCUT2D eigenvalue weighted by atomic mass is 9.95. The summed E-state index contributed by atoms with van der Waals surface area (Å²) in [7, 11) is 0. The highest BCUT2D eigenvalue weighted by Crippen LogP contribution is 2.24. The second kappa shape index (κ2) is 5.50. The summed E-state index contributed by atoms with van der Waals surface area (Å²) >= 11 is 0. The third kappa shape index (κ3) is 2.16. The number of carbonyl (C=O) groups excluding carboxylic acids is 1. The zero-order valence-electron chi connectivity index (χ0n) is 13.4. The van der Waals surface area contributed by atoms with Crippen molar-refractivity contribution in [2.75, 3.05) is 6.54 Å². The first kappa shape index (κ1) is 14.5. The topological polar surface area (TPSA) is 61.4 Å². The van der Waals surface area contributed by atoms with Crippen LogP contribution in [-0.4, -0.2) is 26.7 Å². The van der Waals surface area contributed by atoms with Crippen LogP contribution in [0.25, 0.3) is 5.52 Å². The lowest BCUT2D eigenvalue weighted by molar-refractivity contribution is 0.0727. The number of hydrogen-bond acceptors (Lipinski definition) is 3. The van der Waals surface area contributed by atoms with Crippen LogP contribution < -0.4 is 0 Å². The van der Waals surface area contributed by atoms with Crippen molar-refractivity contribution in [1.82, 2.24) is 14.3 Å². The van der Waals surface area contributed by atoms with Gasteiger partial charge in [-0.1, -0.05) is 6.07 Å². The molecule has 4 heterocycles. The summed E-state index contributed by atoms with van der Waals surface area (Å²) in [5, 5.41) is 9.34. The van der Waals surface area contributed by atoms with Crippen molar-refractivity contribution in [1.29, 1.82) is 5.26 Å². The quantitative estimate of drug-likeness (QED) is 0.693. The summed E-state index contributed by atoms with van der Waals surface area (Å²) in [5.74, 6) is 0.00549. The van der Waals surface area contributed by atoms with Crippen molar-refractivity contribution in [3.05, 3.63) is 70.8 Å². The molecule has 5 heteroatoms. The van der Waals surface area contributed by atoms with Gasteiger partial charge in [0.25, 0.3) is 5.91 Å². The van der Waals surface area contributed by atoms with E-state index in [1.54, 1.807) is 6.20 Å². The molecule has 3 aromatic rings. The molecule has 0 atom stereocenters. The molecule has 0 N–H and O–H groups in total. The molecule has 0 aromatic carbocycles. The van der Waals surface area contributed by atoms with Crippen molar-refractivity contribution in [2.45, 2.75) is 19.9 Å². The van der Waals surface area contributed by atoms with Gasteiger partial charge in [-0.2, -0.15) is 5.26 Å². The maximum Gasteiger partial charge on any atom is 0.271 e. The Balaban J connectivity index is 1.68. The van der Waals surface area contributed by atoms with Gasteiger partial charge in [0.05, 0.1) is 11.3 Å². The number of hydrogen-bond donors (Lipinski definition) is 0. The van der Waals surface area contributed by atoms with E-state index >= 15 is 0 Å². The van der Waals surface area contributed by atoms with Crippen LogP contribution in [0.2, 0.25) is 0 Å². The van der Waals surface area contributed by atoms with E-state index in [-0.39, 0.29) is 5.91 Å². The Morgan fingerprint density at radius 2 is 2.17 bits per heavy atom. The first-order valence-corrected chi connectivity index (χ1v) is 7.92. The number of aryl methyl sites for hydroxylation is 1. The molecule has 118 valence electrons. The fraction of sp³-hybridized carbons (Fsp3) is 0.211. The second-order valence-corrected chi connectivity index (χ2v) is 6.02. The highest BCUT2D eigenvalue weighted by Gasteiger charge is 2.25. The third-order valence-corrected chi connectivity index (χ3v) is 4.64. The molecular formula is C19H16N4O. The Hall–Kier alpha value is -3.13. The maximum atomic E-state index is 12.9. The Kier molecular flexibility index (Phi) is 3.31. The highest BCUT2D eigenvalue weighted by atomic mass is 16.2. The fourth-order valence-electron chi connectivity index (χ4n) is 3.36. The first-order valence-electron chi connectivity index (χ1n) is 7.92. The second-order valence-electron chi connectivity index (χ2n) is 6.02. The smallest absolute Gasteiger partial charge is 0.271 e. The summed E-state index contributed by atoms with van der Waals surface area (Å²) in [6.07, 6.45) is 4.39. The number of nitrogens with zero attached hydrogens (tertiary/aromatic N) is 4. The number of rotatable bonds is 1. The van der Waals surface area contributed by atoms with Gasteiger partial charge in [0, 0.05) is 31.0 Å². The fourth-order valence-corrected chi connectivity index (χ4v) is 3.36. The molecule has 1 aliphatic heterocycles. The molecule has 5 nitrogen and oxygen atoms in total. The summed E-state index contributed by atoms with van der Waals surface area (Å²) in [6.45, 7) is 2.96. The van der Waals surface area contributed by atoms with Crippen molar-refractivity contribution in [2.24, 2.45) is 0 Å². The molecule has 0 fully saturated rings. The summed E-state index contributed by atoms with van der Waals surface area (Å²) in [6, 6.07) is 11.9. The van der Waals surface area contributed by atoms with E-state index in [2.05, 4.69) is 11.1 Å². The van der Waals surface area contributed by atoms with E-state index in [4.69, 9.17) is 0 Å². The Morgan fingerprint density at radius 1 is 1.29 bits per heavy atom. The van der Waals surface area contributed by atoms with Crippen LogP contribution in [0.1, 0.15) is 32.9 Å². The van der Waals surface area contributed by atoms with Gasteiger partial charge in [0.1, 0.15) is 11.8 Å². The molecule has 3 aromatic heterocycles. The predicted molar refractivity (Wildman–Crippen MR) is 89.5 cm³/mol. The zero-order chi connectivity index (χ0) is 16.7. The molecule has 4 rings (SSSR count). The van der Waals surface area contributed by atoms with Crippen LogP contribution >= 0.6 is 0 Å². The predicted octanol–water partition coefficient (Wildman–Crippen LogP) is 2.71. The van der Waals surface area contributed by atoms with Gasteiger partial charge in [0.2, 0.25) is 0 Å². The molecule has 0 spiro atoms. The van der Waals surface area contributed by atoms with E-state index in [0.717, 1.165) is 22.3 Å².